The molecule has 1 N–H and O–H groups in total. The van der Waals surface area contributed by atoms with Crippen LogP contribution in [0.15, 0.2) is 54.6 Å². The van der Waals surface area contributed by atoms with Crippen molar-refractivity contribution >= 4 is 11.8 Å². The Bertz CT molecular complexity index is 430. The van der Waals surface area contributed by atoms with E-state index in [-0.39, 0.29) is 5.57 Å². The summed E-state index contributed by atoms with van der Waals surface area (Å²) >= 11 is 0. The van der Waals surface area contributed by atoms with Gasteiger partial charge in [0.2, 0.25) is 0 Å². The van der Waals surface area contributed by atoms with E-state index in [1.54, 1.807) is 36.4 Å². The number of carboxylic acid groups (broad SMARTS) is 1. The Morgan fingerprint density at radius 2 is 1.88 bits per heavy atom. The van der Waals surface area contributed by atoms with Crippen LogP contribution < -0.4 is 0 Å². The molecule has 1 aromatic carbocycles. The predicted molar refractivity (Wildman–Crippen MR) is 61.3 cm³/mol. The van der Waals surface area contributed by atoms with Gasteiger partial charge in [0.05, 0.1) is 0 Å². The molecule has 0 unspecified atom stereocenters. The Morgan fingerprint density at radius 3 is 2.38 bits per heavy atom. The molecule has 0 aliphatic rings. The van der Waals surface area contributed by atoms with Crippen LogP contribution in [0.25, 0.3) is 0 Å². The van der Waals surface area contributed by atoms with E-state index in [9.17, 15) is 9.59 Å². The van der Waals surface area contributed by atoms with Gasteiger partial charge >= 0.3 is 5.97 Å². The van der Waals surface area contributed by atoms with Crippen LogP contribution in [0.2, 0.25) is 0 Å². The summed E-state index contributed by atoms with van der Waals surface area (Å²) in [6, 6.07) is 8.34. The normalized spacial score (nSPS) is 10.9. The summed E-state index contributed by atoms with van der Waals surface area (Å²) < 4.78 is 0. The summed E-state index contributed by atoms with van der Waals surface area (Å²) in [7, 11) is 0. The van der Waals surface area contributed by atoms with E-state index >= 15 is 0 Å². The minimum atomic E-state index is -1.21. The van der Waals surface area contributed by atoms with Gasteiger partial charge in [-0.1, -0.05) is 42.5 Å². The van der Waals surface area contributed by atoms with E-state index in [4.69, 9.17) is 5.11 Å². The zero-order chi connectivity index (χ0) is 12.0. The molecular weight excluding hydrogens is 204 g/mol. The number of aliphatic carboxylic acids is 1. The van der Waals surface area contributed by atoms with Gasteiger partial charge in [0.15, 0.2) is 5.78 Å². The van der Waals surface area contributed by atoms with E-state index < -0.39 is 11.8 Å². The molecule has 0 atom stereocenters. The fraction of sp³-hybridized carbons (Fsp3) is 0.0769. The van der Waals surface area contributed by atoms with E-state index in [0.717, 1.165) is 0 Å². The van der Waals surface area contributed by atoms with Crippen molar-refractivity contribution in [3.63, 3.8) is 0 Å². The van der Waals surface area contributed by atoms with Crippen LogP contribution in [0.5, 0.6) is 0 Å². The molecule has 3 nitrogen and oxygen atoms in total. The molecule has 0 aliphatic heterocycles. The molecule has 82 valence electrons. The highest BCUT2D eigenvalue weighted by molar-refractivity contribution is 6.23. The molecule has 0 fully saturated rings. The molecule has 0 saturated carbocycles. The standard InChI is InChI=1S/C13H12O3/c1-2-3-9-11(13(15)16)12(14)10-7-5-4-6-8-10/h2,4-9H,1,3H2,(H,15,16). The molecule has 0 spiro atoms. The van der Waals surface area contributed by atoms with Crippen LogP contribution in [0.1, 0.15) is 16.8 Å². The fourth-order valence-corrected chi connectivity index (χ4v) is 1.22. The van der Waals surface area contributed by atoms with E-state index in [1.165, 1.54) is 6.08 Å². The predicted octanol–water partition coefficient (Wildman–Crippen LogP) is 2.46. The van der Waals surface area contributed by atoms with Gasteiger partial charge in [0, 0.05) is 5.56 Å². The highest BCUT2D eigenvalue weighted by atomic mass is 16.4. The van der Waals surface area contributed by atoms with Crippen molar-refractivity contribution in [1.82, 2.24) is 0 Å². The minimum Gasteiger partial charge on any atom is -0.478 e. The van der Waals surface area contributed by atoms with Crippen LogP contribution in [0.4, 0.5) is 0 Å². The molecule has 0 aromatic heterocycles. The lowest BCUT2D eigenvalue weighted by Gasteiger charge is -2.01. The first-order valence-corrected chi connectivity index (χ1v) is 4.81. The third kappa shape index (κ3) is 2.92. The maximum atomic E-state index is 11.8. The average Bonchev–Trinajstić information content (AvgIpc) is 2.30. The van der Waals surface area contributed by atoms with Crippen molar-refractivity contribution in [3.8, 4) is 0 Å². The second kappa shape index (κ2) is 5.66. The zero-order valence-electron chi connectivity index (χ0n) is 8.72. The van der Waals surface area contributed by atoms with Crippen molar-refractivity contribution in [1.29, 1.82) is 0 Å². The quantitative estimate of drug-likeness (QED) is 0.270. The van der Waals surface area contributed by atoms with Crippen molar-refractivity contribution in [2.45, 2.75) is 6.42 Å². The summed E-state index contributed by atoms with van der Waals surface area (Å²) in [4.78, 5) is 22.7. The maximum Gasteiger partial charge on any atom is 0.339 e. The average molecular weight is 216 g/mol. The Hall–Kier alpha value is -2.16. The van der Waals surface area contributed by atoms with Gasteiger partial charge in [-0.05, 0) is 6.42 Å². The molecule has 16 heavy (non-hydrogen) atoms. The first kappa shape index (κ1) is 11.9. The summed E-state index contributed by atoms with van der Waals surface area (Å²) in [6.07, 6.45) is 3.27. The van der Waals surface area contributed by atoms with Crippen LogP contribution in [-0.4, -0.2) is 16.9 Å². The number of benzene rings is 1. The number of rotatable bonds is 5. The Labute approximate surface area is 93.7 Å². The first-order chi connectivity index (χ1) is 7.66. The third-order valence-electron chi connectivity index (χ3n) is 2.00. The highest BCUT2D eigenvalue weighted by Gasteiger charge is 2.17. The molecule has 0 amide bonds. The van der Waals surface area contributed by atoms with Crippen LogP contribution in [-0.2, 0) is 4.79 Å². The van der Waals surface area contributed by atoms with Gasteiger partial charge in [-0.25, -0.2) is 4.79 Å². The second-order valence-electron chi connectivity index (χ2n) is 3.14. The summed E-state index contributed by atoms with van der Waals surface area (Å²) in [5, 5.41) is 8.91. The molecule has 0 bridgehead atoms. The molecule has 0 heterocycles. The first-order valence-electron chi connectivity index (χ1n) is 4.81. The van der Waals surface area contributed by atoms with Crippen LogP contribution >= 0.6 is 0 Å². The smallest absolute Gasteiger partial charge is 0.339 e. The lowest BCUT2D eigenvalue weighted by atomic mass is 10.0. The molecule has 0 aliphatic carbocycles. The second-order valence-corrected chi connectivity index (χ2v) is 3.14. The lowest BCUT2D eigenvalue weighted by Crippen LogP contribution is -2.12. The topological polar surface area (TPSA) is 54.4 Å². The Kier molecular flexibility index (Phi) is 4.21. The fourth-order valence-electron chi connectivity index (χ4n) is 1.22. The van der Waals surface area contributed by atoms with E-state index in [1.807, 2.05) is 0 Å². The number of Topliss-reactive ketones (excluding diaryl/α,β-unsaturated/α-hetero) is 1. The van der Waals surface area contributed by atoms with Crippen LogP contribution in [0, 0.1) is 0 Å². The number of carbonyl (C=O) groups excluding carboxylic acids is 1. The molecular formula is C13H12O3. The third-order valence-corrected chi connectivity index (χ3v) is 2.00. The number of ketones is 1. The lowest BCUT2D eigenvalue weighted by molar-refractivity contribution is -0.132. The van der Waals surface area contributed by atoms with E-state index in [2.05, 4.69) is 6.58 Å². The van der Waals surface area contributed by atoms with Gasteiger partial charge in [-0.2, -0.15) is 0 Å². The molecule has 3 heteroatoms. The van der Waals surface area contributed by atoms with Crippen molar-refractivity contribution < 1.29 is 14.7 Å². The Balaban J connectivity index is 3.01. The van der Waals surface area contributed by atoms with Gasteiger partial charge < -0.3 is 5.11 Å². The Morgan fingerprint density at radius 1 is 1.25 bits per heavy atom. The van der Waals surface area contributed by atoms with Gasteiger partial charge in [-0.15, -0.1) is 6.58 Å². The zero-order valence-corrected chi connectivity index (χ0v) is 8.72. The maximum absolute atomic E-state index is 11.8. The van der Waals surface area contributed by atoms with Gasteiger partial charge in [0.1, 0.15) is 5.57 Å². The summed E-state index contributed by atoms with van der Waals surface area (Å²) in [6.45, 7) is 3.48. The summed E-state index contributed by atoms with van der Waals surface area (Å²) in [5.41, 5.74) is 0.159. The minimum absolute atomic E-state index is 0.217. The largest absolute Gasteiger partial charge is 0.478 e. The number of hydrogen-bond donors (Lipinski definition) is 1. The van der Waals surface area contributed by atoms with Crippen molar-refractivity contribution in [2.24, 2.45) is 0 Å². The number of carbonyl (C=O) groups is 2. The molecule has 1 rings (SSSR count). The molecule has 0 saturated heterocycles. The van der Waals surface area contributed by atoms with Crippen molar-refractivity contribution in [3.05, 3.63) is 60.2 Å². The van der Waals surface area contributed by atoms with Gasteiger partial charge in [0.25, 0.3) is 0 Å². The van der Waals surface area contributed by atoms with Gasteiger partial charge in [-0.3, -0.25) is 4.79 Å². The van der Waals surface area contributed by atoms with Crippen LogP contribution in [0.3, 0.4) is 0 Å². The number of carboxylic acids is 1. The monoisotopic (exact) mass is 216 g/mol. The summed E-state index contributed by atoms with van der Waals surface area (Å²) in [5.74, 6) is -1.69. The number of allylic oxidation sites excluding steroid dienone is 2. The SMILES string of the molecule is C=CCC=C(C(=O)O)C(=O)c1ccccc1. The van der Waals surface area contributed by atoms with E-state index in [0.29, 0.717) is 12.0 Å². The number of hydrogen-bond acceptors (Lipinski definition) is 2. The molecule has 0 radical (unpaired) electrons. The van der Waals surface area contributed by atoms with Crippen molar-refractivity contribution in [2.75, 3.05) is 0 Å². The molecule has 1 aromatic rings. The highest BCUT2D eigenvalue weighted by Crippen LogP contribution is 2.09.